The maximum Gasteiger partial charge on any atom is 0.257 e. The number of carbonyl (C=O) groups is 1. The molecule has 1 fully saturated rings. The molecule has 24 heavy (non-hydrogen) atoms. The van der Waals surface area contributed by atoms with Gasteiger partial charge in [-0.2, -0.15) is 5.10 Å². The van der Waals surface area contributed by atoms with E-state index in [1.165, 1.54) is 0 Å². The number of carbonyl (C=O) groups excluding carboxylic acids is 1. The molecular formula is C18H24N4O2. The van der Waals surface area contributed by atoms with Gasteiger partial charge in [0, 0.05) is 7.05 Å². The number of nitrogens with two attached hydrogens (primary N) is 1. The van der Waals surface area contributed by atoms with E-state index in [-0.39, 0.29) is 11.4 Å². The fraction of sp³-hybridized carbons (Fsp3) is 0.444. The fourth-order valence-electron chi connectivity index (χ4n) is 3.61. The van der Waals surface area contributed by atoms with Crippen LogP contribution in [0, 0.1) is 6.92 Å². The molecule has 1 aliphatic carbocycles. The highest BCUT2D eigenvalue weighted by Crippen LogP contribution is 2.39. The molecule has 1 amide bonds. The number of ether oxygens (including phenoxy) is 1. The van der Waals surface area contributed by atoms with Crippen LogP contribution >= 0.6 is 0 Å². The van der Waals surface area contributed by atoms with Crippen LogP contribution in [0.2, 0.25) is 0 Å². The average Bonchev–Trinajstić information content (AvgIpc) is 3.13. The number of anilines is 1. The van der Waals surface area contributed by atoms with E-state index < -0.39 is 0 Å². The van der Waals surface area contributed by atoms with Crippen molar-refractivity contribution in [1.29, 1.82) is 0 Å². The Bertz CT molecular complexity index is 743. The Kier molecular flexibility index (Phi) is 4.22. The summed E-state index contributed by atoms with van der Waals surface area (Å²) >= 11 is 0. The van der Waals surface area contributed by atoms with Gasteiger partial charge in [0.1, 0.15) is 17.1 Å². The van der Waals surface area contributed by atoms with Crippen molar-refractivity contribution in [1.82, 2.24) is 15.1 Å². The van der Waals surface area contributed by atoms with E-state index in [1.807, 2.05) is 24.3 Å². The van der Waals surface area contributed by atoms with Crippen LogP contribution in [0.3, 0.4) is 0 Å². The third kappa shape index (κ3) is 2.72. The molecule has 1 heterocycles. The summed E-state index contributed by atoms with van der Waals surface area (Å²) in [7, 11) is 3.39. The number of benzene rings is 1. The van der Waals surface area contributed by atoms with Gasteiger partial charge in [-0.25, -0.2) is 0 Å². The van der Waals surface area contributed by atoms with E-state index in [4.69, 9.17) is 10.5 Å². The molecule has 1 aromatic carbocycles. The molecule has 3 rings (SSSR count). The molecule has 6 nitrogen and oxygen atoms in total. The lowest BCUT2D eigenvalue weighted by Gasteiger charge is -2.31. The minimum Gasteiger partial charge on any atom is -0.497 e. The van der Waals surface area contributed by atoms with E-state index in [0.717, 1.165) is 37.0 Å². The second-order valence-corrected chi connectivity index (χ2v) is 6.44. The molecule has 3 N–H and O–H groups in total. The molecule has 1 saturated carbocycles. The highest BCUT2D eigenvalue weighted by Gasteiger charge is 2.38. The average molecular weight is 328 g/mol. The minimum absolute atomic E-state index is 0.157. The van der Waals surface area contributed by atoms with Crippen molar-refractivity contribution < 1.29 is 9.53 Å². The molecule has 128 valence electrons. The largest absolute Gasteiger partial charge is 0.497 e. The lowest BCUT2D eigenvalue weighted by Crippen LogP contribution is -2.44. The molecule has 0 saturated heterocycles. The van der Waals surface area contributed by atoms with Crippen LogP contribution in [0.25, 0.3) is 0 Å². The van der Waals surface area contributed by atoms with E-state index in [0.29, 0.717) is 17.1 Å². The standard InChI is InChI=1S/C18H24N4O2/c1-12-15(16(19)22(2)21-12)17(23)20-18(10-4-5-11-18)13-6-8-14(24-3)9-7-13/h6-9H,4-5,10-11,19H2,1-3H3,(H,20,23). The van der Waals surface area contributed by atoms with Gasteiger partial charge >= 0.3 is 0 Å². The predicted molar refractivity (Wildman–Crippen MR) is 93.0 cm³/mol. The number of nitrogens with one attached hydrogen (secondary N) is 1. The van der Waals surface area contributed by atoms with Gasteiger partial charge in [-0.15, -0.1) is 0 Å². The second kappa shape index (κ2) is 6.19. The third-order valence-corrected chi connectivity index (χ3v) is 4.95. The van der Waals surface area contributed by atoms with Crippen molar-refractivity contribution in [3.05, 3.63) is 41.1 Å². The summed E-state index contributed by atoms with van der Waals surface area (Å²) in [5.74, 6) is 1.05. The molecule has 0 bridgehead atoms. The molecule has 1 aromatic heterocycles. The van der Waals surface area contributed by atoms with Crippen molar-refractivity contribution in [3.63, 3.8) is 0 Å². The van der Waals surface area contributed by atoms with Gasteiger partial charge < -0.3 is 15.8 Å². The highest BCUT2D eigenvalue weighted by molar-refractivity contribution is 6.00. The van der Waals surface area contributed by atoms with Gasteiger partial charge in [0.05, 0.1) is 18.3 Å². The zero-order valence-corrected chi connectivity index (χ0v) is 14.4. The molecule has 0 radical (unpaired) electrons. The van der Waals surface area contributed by atoms with Gasteiger partial charge in [-0.1, -0.05) is 25.0 Å². The second-order valence-electron chi connectivity index (χ2n) is 6.44. The lowest BCUT2D eigenvalue weighted by molar-refractivity contribution is 0.0898. The number of rotatable bonds is 4. The molecule has 1 aliphatic rings. The predicted octanol–water partition coefficient (Wildman–Crippen LogP) is 2.52. The highest BCUT2D eigenvalue weighted by atomic mass is 16.5. The molecule has 0 spiro atoms. The van der Waals surface area contributed by atoms with Crippen molar-refractivity contribution in [2.24, 2.45) is 7.05 Å². The first-order valence-corrected chi connectivity index (χ1v) is 8.23. The molecular weight excluding hydrogens is 304 g/mol. The Labute approximate surface area is 142 Å². The monoisotopic (exact) mass is 328 g/mol. The van der Waals surface area contributed by atoms with Crippen molar-refractivity contribution in [2.75, 3.05) is 12.8 Å². The minimum atomic E-state index is -0.349. The number of aryl methyl sites for hydroxylation is 2. The zero-order chi connectivity index (χ0) is 17.3. The van der Waals surface area contributed by atoms with Gasteiger partial charge in [0.25, 0.3) is 5.91 Å². The molecule has 0 aliphatic heterocycles. The van der Waals surface area contributed by atoms with E-state index in [2.05, 4.69) is 10.4 Å². The SMILES string of the molecule is COc1ccc(C2(NC(=O)c3c(C)nn(C)c3N)CCCC2)cc1. The summed E-state index contributed by atoms with van der Waals surface area (Å²) in [5, 5.41) is 7.48. The number of aromatic nitrogens is 2. The van der Waals surface area contributed by atoms with Gasteiger partial charge in [0.2, 0.25) is 0 Å². The maximum atomic E-state index is 12.9. The van der Waals surface area contributed by atoms with E-state index >= 15 is 0 Å². The van der Waals surface area contributed by atoms with Gasteiger partial charge in [0.15, 0.2) is 0 Å². The number of nitrogens with zero attached hydrogens (tertiary/aromatic N) is 2. The first-order valence-electron chi connectivity index (χ1n) is 8.23. The number of nitrogen functional groups attached to an aromatic ring is 1. The Morgan fingerprint density at radius 2 is 1.92 bits per heavy atom. The fourth-order valence-corrected chi connectivity index (χ4v) is 3.61. The molecule has 2 aromatic rings. The summed E-state index contributed by atoms with van der Waals surface area (Å²) in [6.07, 6.45) is 4.02. The molecule has 0 unspecified atom stereocenters. The van der Waals surface area contributed by atoms with Crippen molar-refractivity contribution >= 4 is 11.7 Å². The van der Waals surface area contributed by atoms with Gasteiger partial charge in [-0.3, -0.25) is 9.48 Å². The number of hydrogen-bond acceptors (Lipinski definition) is 4. The van der Waals surface area contributed by atoms with E-state index in [9.17, 15) is 4.79 Å². The number of methoxy groups -OCH3 is 1. The number of amides is 1. The zero-order valence-electron chi connectivity index (χ0n) is 14.4. The van der Waals surface area contributed by atoms with Crippen LogP contribution in [-0.4, -0.2) is 22.8 Å². The first kappa shape index (κ1) is 16.4. The summed E-state index contributed by atoms with van der Waals surface area (Å²) < 4.78 is 6.78. The normalized spacial score (nSPS) is 16.1. The summed E-state index contributed by atoms with van der Waals surface area (Å²) in [6.45, 7) is 1.81. The third-order valence-electron chi connectivity index (χ3n) is 4.95. The van der Waals surface area contributed by atoms with Crippen LogP contribution in [0.4, 0.5) is 5.82 Å². The maximum absolute atomic E-state index is 12.9. The summed E-state index contributed by atoms with van der Waals surface area (Å²) in [6, 6.07) is 7.93. The Balaban J connectivity index is 1.92. The quantitative estimate of drug-likeness (QED) is 0.903. The van der Waals surface area contributed by atoms with Crippen LogP contribution in [0.15, 0.2) is 24.3 Å². The van der Waals surface area contributed by atoms with Crippen LogP contribution in [0.5, 0.6) is 5.75 Å². The smallest absolute Gasteiger partial charge is 0.257 e. The van der Waals surface area contributed by atoms with Crippen molar-refractivity contribution in [2.45, 2.75) is 38.1 Å². The summed E-state index contributed by atoms with van der Waals surface area (Å²) in [5.41, 5.74) is 7.90. The van der Waals surface area contributed by atoms with Crippen molar-refractivity contribution in [3.8, 4) is 5.75 Å². The lowest BCUT2D eigenvalue weighted by atomic mass is 9.87. The topological polar surface area (TPSA) is 82.2 Å². The molecule has 0 atom stereocenters. The van der Waals surface area contributed by atoms with Gasteiger partial charge in [-0.05, 0) is 37.5 Å². The van der Waals surface area contributed by atoms with Crippen LogP contribution in [-0.2, 0) is 12.6 Å². The van der Waals surface area contributed by atoms with Crippen LogP contribution in [0.1, 0.15) is 47.3 Å². The Hall–Kier alpha value is -2.50. The Morgan fingerprint density at radius 1 is 1.29 bits per heavy atom. The number of hydrogen-bond donors (Lipinski definition) is 2. The van der Waals surface area contributed by atoms with E-state index in [1.54, 1.807) is 25.8 Å². The Morgan fingerprint density at radius 3 is 2.42 bits per heavy atom. The van der Waals surface area contributed by atoms with Crippen LogP contribution < -0.4 is 15.8 Å². The summed E-state index contributed by atoms with van der Waals surface area (Å²) in [4.78, 5) is 12.9. The molecule has 6 heteroatoms. The first-order chi connectivity index (χ1) is 11.5.